The number of rotatable bonds is 11. The number of aliphatic imine (C=N–C) groups is 1. The van der Waals surface area contributed by atoms with Crippen LogP contribution in [0.25, 0.3) is 0 Å². The fourth-order valence-corrected chi connectivity index (χ4v) is 3.99. The molecule has 3 rings (SSSR count). The summed E-state index contributed by atoms with van der Waals surface area (Å²) in [5, 5.41) is 13.3. The van der Waals surface area contributed by atoms with Gasteiger partial charge in [-0.2, -0.15) is 0 Å². The van der Waals surface area contributed by atoms with Gasteiger partial charge in [0.05, 0.1) is 10.7 Å². The third kappa shape index (κ3) is 7.05. The number of hydrogen-bond acceptors (Lipinski definition) is 6. The molecule has 0 spiro atoms. The summed E-state index contributed by atoms with van der Waals surface area (Å²) in [5.74, 6) is -0.264. The molecule has 0 aromatic heterocycles. The van der Waals surface area contributed by atoms with Crippen LogP contribution in [0.5, 0.6) is 0 Å². The van der Waals surface area contributed by atoms with Gasteiger partial charge in [0, 0.05) is 48.8 Å². The fourth-order valence-electron chi connectivity index (χ4n) is 3.77. The molecule has 0 fully saturated rings. The third-order valence-corrected chi connectivity index (χ3v) is 5.64. The predicted octanol–water partition coefficient (Wildman–Crippen LogP) is 3.30. The lowest BCUT2D eigenvalue weighted by Crippen LogP contribution is -2.46. The summed E-state index contributed by atoms with van der Waals surface area (Å²) in [6.07, 6.45) is 11.3. The molecule has 1 aliphatic heterocycles. The Balaban J connectivity index is 1.73. The van der Waals surface area contributed by atoms with Crippen LogP contribution in [-0.2, 0) is 4.79 Å². The van der Waals surface area contributed by atoms with Crippen molar-refractivity contribution in [2.24, 2.45) is 4.99 Å². The van der Waals surface area contributed by atoms with Gasteiger partial charge >= 0.3 is 0 Å². The Morgan fingerprint density at radius 1 is 1.39 bits per heavy atom. The molecule has 176 valence electrons. The number of allylic oxidation sites excluding steroid dienone is 2. The number of nitrogens with zero attached hydrogens (tertiary/aromatic N) is 2. The maximum atomic E-state index is 11.6. The Bertz CT molecular complexity index is 967. The van der Waals surface area contributed by atoms with E-state index in [4.69, 9.17) is 16.6 Å². The molecule has 1 heterocycles. The zero-order valence-electron chi connectivity index (χ0n) is 19.3. The first-order valence-electron chi connectivity index (χ1n) is 11.3. The van der Waals surface area contributed by atoms with Gasteiger partial charge in [-0.05, 0) is 50.3 Å². The normalized spacial score (nSPS) is 19.7. The van der Waals surface area contributed by atoms with E-state index in [9.17, 15) is 4.79 Å². The predicted molar refractivity (Wildman–Crippen MR) is 137 cm³/mol. The summed E-state index contributed by atoms with van der Waals surface area (Å²) in [6.45, 7) is 8.62. The fraction of sp³-hybridized carbons (Fsp3) is 0.360. The van der Waals surface area contributed by atoms with Crippen molar-refractivity contribution in [3.63, 3.8) is 0 Å². The van der Waals surface area contributed by atoms with Gasteiger partial charge in [-0.3, -0.25) is 10.1 Å². The van der Waals surface area contributed by atoms with Crippen LogP contribution in [0.2, 0.25) is 0 Å². The number of halogens is 1. The molecule has 0 saturated carbocycles. The monoisotopic (exact) mass is 468 g/mol. The second-order valence-corrected chi connectivity index (χ2v) is 8.31. The molecule has 4 N–H and O–H groups in total. The van der Waals surface area contributed by atoms with Crippen LogP contribution >= 0.6 is 11.6 Å². The molecule has 7 nitrogen and oxygen atoms in total. The minimum absolute atomic E-state index is 0.143. The SMILES string of the molecule is C=CC(=O)Nc1cccc(C2=NC(NC3C=C(N(CCC)CCNC)C=CC3)NC=C2Cl)c1. The van der Waals surface area contributed by atoms with E-state index in [0.717, 1.165) is 38.0 Å². The van der Waals surface area contributed by atoms with Crippen molar-refractivity contribution in [2.45, 2.75) is 32.1 Å². The number of amides is 1. The van der Waals surface area contributed by atoms with E-state index in [2.05, 4.69) is 57.9 Å². The van der Waals surface area contributed by atoms with E-state index in [1.165, 1.54) is 11.8 Å². The number of hydrogen-bond donors (Lipinski definition) is 4. The van der Waals surface area contributed by atoms with Crippen molar-refractivity contribution in [3.05, 3.63) is 77.6 Å². The van der Waals surface area contributed by atoms with Crippen molar-refractivity contribution >= 4 is 28.9 Å². The van der Waals surface area contributed by atoms with Gasteiger partial charge in [-0.25, -0.2) is 4.99 Å². The summed E-state index contributed by atoms with van der Waals surface area (Å²) >= 11 is 6.46. The second kappa shape index (κ2) is 12.4. The summed E-state index contributed by atoms with van der Waals surface area (Å²) in [5.41, 5.74) is 3.39. The molecular formula is C25H33ClN6O. The molecule has 0 radical (unpaired) electrons. The van der Waals surface area contributed by atoms with Crippen molar-refractivity contribution < 1.29 is 4.79 Å². The van der Waals surface area contributed by atoms with Crippen LogP contribution in [0.3, 0.4) is 0 Å². The van der Waals surface area contributed by atoms with Gasteiger partial charge in [0.1, 0.15) is 0 Å². The van der Waals surface area contributed by atoms with E-state index in [0.29, 0.717) is 16.4 Å². The highest BCUT2D eigenvalue weighted by atomic mass is 35.5. The van der Waals surface area contributed by atoms with Crippen LogP contribution in [0.4, 0.5) is 5.69 Å². The molecule has 1 aromatic rings. The van der Waals surface area contributed by atoms with Crippen molar-refractivity contribution in [1.82, 2.24) is 20.9 Å². The number of likely N-dealkylation sites (N-methyl/N-ethyl adjacent to an activating group) is 1. The highest BCUT2D eigenvalue weighted by molar-refractivity contribution is 6.46. The van der Waals surface area contributed by atoms with Crippen molar-refractivity contribution in [3.8, 4) is 0 Å². The molecule has 0 saturated heterocycles. The van der Waals surface area contributed by atoms with Gasteiger partial charge in [-0.15, -0.1) is 0 Å². The van der Waals surface area contributed by atoms with Crippen LogP contribution < -0.4 is 21.3 Å². The smallest absolute Gasteiger partial charge is 0.247 e. The summed E-state index contributed by atoms with van der Waals surface area (Å²) < 4.78 is 0. The van der Waals surface area contributed by atoms with Crippen LogP contribution in [0.1, 0.15) is 25.3 Å². The molecular weight excluding hydrogens is 436 g/mol. The molecule has 2 atom stereocenters. The first kappa shape index (κ1) is 24.8. The largest absolute Gasteiger partial charge is 0.370 e. The van der Waals surface area contributed by atoms with E-state index >= 15 is 0 Å². The molecule has 0 bridgehead atoms. The lowest BCUT2D eigenvalue weighted by atomic mass is 10.1. The van der Waals surface area contributed by atoms with E-state index < -0.39 is 0 Å². The lowest BCUT2D eigenvalue weighted by molar-refractivity contribution is -0.111. The summed E-state index contributed by atoms with van der Waals surface area (Å²) in [6, 6.07) is 7.60. The quantitative estimate of drug-likeness (QED) is 0.375. The third-order valence-electron chi connectivity index (χ3n) is 5.35. The molecule has 8 heteroatoms. The number of carbonyl (C=O) groups excluding carboxylic acids is 1. The first-order valence-corrected chi connectivity index (χ1v) is 11.7. The van der Waals surface area contributed by atoms with Gasteiger partial charge in [0.2, 0.25) is 5.91 Å². The Morgan fingerprint density at radius 2 is 2.24 bits per heavy atom. The van der Waals surface area contributed by atoms with Crippen molar-refractivity contribution in [1.29, 1.82) is 0 Å². The minimum atomic E-state index is -0.320. The molecule has 2 unspecified atom stereocenters. The average molecular weight is 469 g/mol. The van der Waals surface area contributed by atoms with Crippen molar-refractivity contribution in [2.75, 3.05) is 32.0 Å². The number of anilines is 1. The second-order valence-electron chi connectivity index (χ2n) is 7.91. The van der Waals surface area contributed by atoms with Gasteiger partial charge in [0.25, 0.3) is 0 Å². The molecule has 2 aliphatic rings. The first-order chi connectivity index (χ1) is 16.0. The summed E-state index contributed by atoms with van der Waals surface area (Å²) in [7, 11) is 1.98. The van der Waals surface area contributed by atoms with Crippen LogP contribution in [0, 0.1) is 0 Å². The van der Waals surface area contributed by atoms with E-state index in [1.54, 1.807) is 6.20 Å². The van der Waals surface area contributed by atoms with Gasteiger partial charge in [0.15, 0.2) is 6.29 Å². The molecule has 33 heavy (non-hydrogen) atoms. The number of carbonyl (C=O) groups is 1. The molecule has 1 amide bonds. The van der Waals surface area contributed by atoms with Gasteiger partial charge < -0.3 is 20.9 Å². The minimum Gasteiger partial charge on any atom is -0.370 e. The topological polar surface area (TPSA) is 80.8 Å². The Kier molecular flexibility index (Phi) is 9.30. The zero-order valence-corrected chi connectivity index (χ0v) is 20.0. The Hall–Kier alpha value is -2.87. The van der Waals surface area contributed by atoms with E-state index in [-0.39, 0.29) is 18.2 Å². The maximum absolute atomic E-state index is 11.6. The number of benzene rings is 1. The lowest BCUT2D eigenvalue weighted by Gasteiger charge is -2.31. The number of nitrogens with one attached hydrogen (secondary N) is 4. The molecule has 1 aliphatic carbocycles. The van der Waals surface area contributed by atoms with E-state index in [1.807, 2.05) is 31.3 Å². The maximum Gasteiger partial charge on any atom is 0.247 e. The zero-order chi connectivity index (χ0) is 23.6. The van der Waals surface area contributed by atoms with Crippen LogP contribution in [0.15, 0.2) is 77.1 Å². The Labute approximate surface area is 201 Å². The molecule has 1 aromatic carbocycles. The van der Waals surface area contributed by atoms with Gasteiger partial charge in [-0.1, -0.05) is 43.3 Å². The standard InChI is InChI=1S/C25H33ClN6O/c1-4-13-32(14-12-27-3)21-11-7-10-20(16-21)30-25-28-17-22(26)24(31-25)18-8-6-9-19(15-18)29-23(33)5-2/h5-9,11,15-17,20,25,27-28,30H,2,4,10,12-14H2,1,3H3,(H,29,33). The highest BCUT2D eigenvalue weighted by Crippen LogP contribution is 2.21. The Morgan fingerprint density at radius 3 is 3.00 bits per heavy atom. The average Bonchev–Trinajstić information content (AvgIpc) is 2.83. The summed E-state index contributed by atoms with van der Waals surface area (Å²) in [4.78, 5) is 18.9. The highest BCUT2D eigenvalue weighted by Gasteiger charge is 2.21. The van der Waals surface area contributed by atoms with Crippen LogP contribution in [-0.4, -0.2) is 55.5 Å².